The lowest BCUT2D eigenvalue weighted by Gasteiger charge is -2.12. The predicted octanol–water partition coefficient (Wildman–Crippen LogP) is -0.103. The van der Waals surface area contributed by atoms with Crippen LogP contribution in [0.1, 0.15) is 19.3 Å². The molecule has 2 unspecified atom stereocenters. The molecule has 13 heavy (non-hydrogen) atoms. The highest BCUT2D eigenvalue weighted by atomic mass is 32.1. The van der Waals surface area contributed by atoms with Crippen molar-refractivity contribution in [3.05, 3.63) is 0 Å². The second-order valence-corrected chi connectivity index (χ2v) is 4.34. The molecule has 4 N–H and O–H groups in total. The number of carbonyl (C=O) groups is 1. The van der Waals surface area contributed by atoms with Gasteiger partial charge in [0.1, 0.15) is 0 Å². The van der Waals surface area contributed by atoms with Crippen LogP contribution in [0.3, 0.4) is 0 Å². The second-order valence-electron chi connectivity index (χ2n) is 3.90. The number of fused-ring (bicyclic) bond motifs is 1. The van der Waals surface area contributed by atoms with Crippen molar-refractivity contribution in [1.82, 2.24) is 10.9 Å². The Balaban J connectivity index is 1.74. The van der Waals surface area contributed by atoms with Gasteiger partial charge >= 0.3 is 0 Å². The van der Waals surface area contributed by atoms with Crippen LogP contribution < -0.4 is 16.6 Å². The van der Waals surface area contributed by atoms with Gasteiger partial charge in [0.15, 0.2) is 5.11 Å². The van der Waals surface area contributed by atoms with Gasteiger partial charge in [-0.05, 0) is 43.3 Å². The highest BCUT2D eigenvalue weighted by Crippen LogP contribution is 2.54. The number of nitrogens with two attached hydrogens (primary N) is 1. The summed E-state index contributed by atoms with van der Waals surface area (Å²) in [5.41, 5.74) is 10.2. The van der Waals surface area contributed by atoms with Crippen molar-refractivity contribution >= 4 is 23.2 Å². The Kier molecular flexibility index (Phi) is 2.11. The number of amides is 1. The summed E-state index contributed by atoms with van der Waals surface area (Å²) in [5, 5.41) is 0.108. The SMILES string of the molecule is NC(=S)NNC(=O)C1CC2CC2C1. The summed E-state index contributed by atoms with van der Waals surface area (Å²) in [6.07, 6.45) is 3.40. The van der Waals surface area contributed by atoms with E-state index in [4.69, 9.17) is 5.73 Å². The quantitative estimate of drug-likeness (QED) is 0.407. The summed E-state index contributed by atoms with van der Waals surface area (Å²) >= 11 is 4.57. The lowest BCUT2D eigenvalue weighted by molar-refractivity contribution is -0.125. The highest BCUT2D eigenvalue weighted by Gasteiger charge is 2.47. The van der Waals surface area contributed by atoms with E-state index in [2.05, 4.69) is 23.1 Å². The first-order valence-corrected chi connectivity index (χ1v) is 4.93. The maximum absolute atomic E-state index is 11.4. The first kappa shape index (κ1) is 8.74. The van der Waals surface area contributed by atoms with Crippen LogP contribution in [0, 0.1) is 17.8 Å². The molecule has 0 radical (unpaired) electrons. The average molecular weight is 199 g/mol. The molecular formula is C8H13N3OS. The minimum absolute atomic E-state index is 0.0278. The lowest BCUT2D eigenvalue weighted by Crippen LogP contribution is -2.46. The Hall–Kier alpha value is -0.840. The maximum Gasteiger partial charge on any atom is 0.241 e. The fourth-order valence-electron chi connectivity index (χ4n) is 2.15. The molecule has 0 aromatic carbocycles. The van der Waals surface area contributed by atoms with Gasteiger partial charge in [0, 0.05) is 5.92 Å². The Morgan fingerprint density at radius 3 is 2.38 bits per heavy atom. The summed E-state index contributed by atoms with van der Waals surface area (Å²) < 4.78 is 0. The third kappa shape index (κ3) is 1.91. The summed E-state index contributed by atoms with van der Waals surface area (Å²) in [7, 11) is 0. The number of carbonyl (C=O) groups excluding carboxylic acids is 1. The van der Waals surface area contributed by atoms with E-state index < -0.39 is 0 Å². The molecule has 0 aromatic heterocycles. The first-order chi connectivity index (χ1) is 6.16. The Morgan fingerprint density at radius 2 is 1.85 bits per heavy atom. The summed E-state index contributed by atoms with van der Waals surface area (Å²) in [5.74, 6) is 1.84. The largest absolute Gasteiger partial charge is 0.375 e. The number of nitrogens with one attached hydrogen (secondary N) is 2. The van der Waals surface area contributed by atoms with Crippen molar-refractivity contribution in [2.24, 2.45) is 23.5 Å². The van der Waals surface area contributed by atoms with E-state index >= 15 is 0 Å². The van der Waals surface area contributed by atoms with Crippen molar-refractivity contribution in [2.75, 3.05) is 0 Å². The summed E-state index contributed by atoms with van der Waals surface area (Å²) in [4.78, 5) is 11.4. The predicted molar refractivity (Wildman–Crippen MR) is 52.4 cm³/mol. The van der Waals surface area contributed by atoms with Gasteiger partial charge in [-0.1, -0.05) is 0 Å². The van der Waals surface area contributed by atoms with Gasteiger partial charge in [-0.15, -0.1) is 0 Å². The molecule has 4 nitrogen and oxygen atoms in total. The summed E-state index contributed by atoms with van der Waals surface area (Å²) in [6.45, 7) is 0. The topological polar surface area (TPSA) is 67.2 Å². The van der Waals surface area contributed by atoms with E-state index in [-0.39, 0.29) is 16.9 Å². The fraction of sp³-hybridized carbons (Fsp3) is 0.750. The Bertz CT molecular complexity index is 246. The third-order valence-corrected chi connectivity index (χ3v) is 3.03. The molecule has 0 spiro atoms. The van der Waals surface area contributed by atoms with Crippen LogP contribution in [0.2, 0.25) is 0 Å². The van der Waals surface area contributed by atoms with Gasteiger partial charge in [0.05, 0.1) is 0 Å². The lowest BCUT2D eigenvalue weighted by atomic mass is 10.0. The minimum atomic E-state index is 0.0278. The van der Waals surface area contributed by atoms with Crippen molar-refractivity contribution in [3.8, 4) is 0 Å². The molecule has 0 aromatic rings. The molecular weight excluding hydrogens is 186 g/mol. The van der Waals surface area contributed by atoms with E-state index in [1.807, 2.05) is 0 Å². The number of hydrogen-bond donors (Lipinski definition) is 3. The van der Waals surface area contributed by atoms with E-state index in [0.29, 0.717) is 0 Å². The van der Waals surface area contributed by atoms with Crippen LogP contribution in [-0.4, -0.2) is 11.0 Å². The third-order valence-electron chi connectivity index (χ3n) is 2.92. The van der Waals surface area contributed by atoms with Crippen molar-refractivity contribution in [3.63, 3.8) is 0 Å². The standard InChI is InChI=1S/C8H13N3OS/c9-8(13)11-10-7(12)6-2-4-1-5(4)3-6/h4-6H,1-3H2,(H,10,12)(H3,9,11,13). The molecule has 2 aliphatic rings. The molecule has 2 saturated carbocycles. The zero-order chi connectivity index (χ0) is 9.42. The summed E-state index contributed by atoms with van der Waals surface area (Å²) in [6, 6.07) is 0. The highest BCUT2D eigenvalue weighted by molar-refractivity contribution is 7.80. The zero-order valence-corrected chi connectivity index (χ0v) is 8.06. The first-order valence-electron chi connectivity index (χ1n) is 4.52. The van der Waals surface area contributed by atoms with Crippen LogP contribution in [0.5, 0.6) is 0 Å². The number of hydrogen-bond acceptors (Lipinski definition) is 2. The Morgan fingerprint density at radius 1 is 1.23 bits per heavy atom. The molecule has 2 atom stereocenters. The Labute approximate surface area is 82.2 Å². The van der Waals surface area contributed by atoms with E-state index in [0.717, 1.165) is 24.7 Å². The minimum Gasteiger partial charge on any atom is -0.375 e. The molecule has 5 heteroatoms. The molecule has 72 valence electrons. The van der Waals surface area contributed by atoms with Crippen LogP contribution in [0.4, 0.5) is 0 Å². The number of hydrazine groups is 1. The molecule has 0 heterocycles. The monoisotopic (exact) mass is 199 g/mol. The van der Waals surface area contributed by atoms with Crippen LogP contribution in [0.25, 0.3) is 0 Å². The average Bonchev–Trinajstić information content (AvgIpc) is 2.69. The van der Waals surface area contributed by atoms with Gasteiger partial charge < -0.3 is 5.73 Å². The molecule has 0 aliphatic heterocycles. The molecule has 1 amide bonds. The normalized spacial score (nSPS) is 34.9. The smallest absolute Gasteiger partial charge is 0.241 e. The van der Waals surface area contributed by atoms with Gasteiger partial charge in [-0.25, -0.2) is 0 Å². The van der Waals surface area contributed by atoms with Gasteiger partial charge in [0.25, 0.3) is 0 Å². The van der Waals surface area contributed by atoms with Crippen molar-refractivity contribution < 1.29 is 4.79 Å². The van der Waals surface area contributed by atoms with Crippen LogP contribution >= 0.6 is 12.2 Å². The van der Waals surface area contributed by atoms with Crippen LogP contribution in [-0.2, 0) is 4.79 Å². The molecule has 2 aliphatic carbocycles. The molecule has 2 rings (SSSR count). The molecule has 2 fully saturated rings. The number of rotatable bonds is 1. The maximum atomic E-state index is 11.4. The molecule has 0 saturated heterocycles. The fourth-order valence-corrected chi connectivity index (χ4v) is 2.21. The number of thiocarbonyl (C=S) groups is 1. The van der Waals surface area contributed by atoms with Gasteiger partial charge in [-0.3, -0.25) is 15.6 Å². The van der Waals surface area contributed by atoms with E-state index in [1.165, 1.54) is 6.42 Å². The van der Waals surface area contributed by atoms with Gasteiger partial charge in [-0.2, -0.15) is 0 Å². The zero-order valence-electron chi connectivity index (χ0n) is 7.25. The van der Waals surface area contributed by atoms with E-state index in [1.54, 1.807) is 0 Å². The van der Waals surface area contributed by atoms with Crippen molar-refractivity contribution in [1.29, 1.82) is 0 Å². The van der Waals surface area contributed by atoms with Crippen LogP contribution in [0.15, 0.2) is 0 Å². The second kappa shape index (κ2) is 3.14. The van der Waals surface area contributed by atoms with E-state index in [9.17, 15) is 4.79 Å². The molecule has 0 bridgehead atoms. The van der Waals surface area contributed by atoms with Crippen molar-refractivity contribution in [2.45, 2.75) is 19.3 Å². The van der Waals surface area contributed by atoms with Gasteiger partial charge in [0.2, 0.25) is 5.91 Å².